The fourth-order valence-corrected chi connectivity index (χ4v) is 3.06. The highest BCUT2D eigenvalue weighted by Gasteiger charge is 2.20. The summed E-state index contributed by atoms with van der Waals surface area (Å²) in [5.41, 5.74) is 0. The van der Waals surface area contributed by atoms with Crippen LogP contribution in [0.25, 0.3) is 0 Å². The molecule has 0 bridgehead atoms. The molecule has 0 saturated heterocycles. The summed E-state index contributed by atoms with van der Waals surface area (Å²) in [6, 6.07) is 7.75. The summed E-state index contributed by atoms with van der Waals surface area (Å²) in [6.07, 6.45) is 5.90. The Bertz CT molecular complexity index is 410. The van der Waals surface area contributed by atoms with E-state index in [-0.39, 0.29) is 0 Å². The molecule has 2 N–H and O–H groups in total. The summed E-state index contributed by atoms with van der Waals surface area (Å²) in [5.74, 6) is 1.58. The second kappa shape index (κ2) is 8.62. The zero-order valence-corrected chi connectivity index (χ0v) is 13.5. The predicted octanol–water partition coefficient (Wildman–Crippen LogP) is 3.64. The van der Waals surface area contributed by atoms with Gasteiger partial charge < -0.3 is 15.2 Å². The van der Waals surface area contributed by atoms with Crippen LogP contribution in [0.15, 0.2) is 24.3 Å². The van der Waals surface area contributed by atoms with Crippen molar-refractivity contribution in [2.75, 3.05) is 13.2 Å². The minimum Gasteiger partial charge on any atom is -0.491 e. The summed E-state index contributed by atoms with van der Waals surface area (Å²) < 4.78 is 5.56. The molecule has 1 aromatic carbocycles. The molecule has 0 radical (unpaired) electrons. The van der Waals surface area contributed by atoms with Gasteiger partial charge in [-0.2, -0.15) is 0 Å². The Morgan fingerprint density at radius 1 is 1.33 bits per heavy atom. The number of nitrogens with one attached hydrogen (secondary N) is 1. The lowest BCUT2D eigenvalue weighted by molar-refractivity contribution is 0.1000. The smallest absolute Gasteiger partial charge is 0.119 e. The SMILES string of the molecule is CCC1CCCC(NCC(O)COc2ccc(Cl)cc2)C1. The lowest BCUT2D eigenvalue weighted by atomic mass is 9.84. The van der Waals surface area contributed by atoms with E-state index in [2.05, 4.69) is 12.2 Å². The van der Waals surface area contributed by atoms with E-state index in [1.165, 1.54) is 32.1 Å². The Hall–Kier alpha value is -0.770. The molecule has 1 fully saturated rings. The average molecular weight is 312 g/mol. The van der Waals surface area contributed by atoms with Crippen LogP contribution in [0.4, 0.5) is 0 Å². The molecule has 21 heavy (non-hydrogen) atoms. The first-order valence-electron chi connectivity index (χ1n) is 7.97. The molecule has 3 unspecified atom stereocenters. The van der Waals surface area contributed by atoms with E-state index >= 15 is 0 Å². The Labute approximate surface area is 132 Å². The first-order valence-corrected chi connectivity index (χ1v) is 8.35. The molecule has 1 aliphatic carbocycles. The monoisotopic (exact) mass is 311 g/mol. The van der Waals surface area contributed by atoms with E-state index in [9.17, 15) is 5.11 Å². The maximum Gasteiger partial charge on any atom is 0.119 e. The second-order valence-electron chi connectivity index (χ2n) is 5.96. The largest absolute Gasteiger partial charge is 0.491 e. The highest BCUT2D eigenvalue weighted by Crippen LogP contribution is 2.26. The molecule has 1 aliphatic rings. The van der Waals surface area contributed by atoms with Gasteiger partial charge in [0.05, 0.1) is 0 Å². The minimum atomic E-state index is -0.484. The second-order valence-corrected chi connectivity index (χ2v) is 6.40. The summed E-state index contributed by atoms with van der Waals surface area (Å²) in [7, 11) is 0. The predicted molar refractivity (Wildman–Crippen MR) is 87.0 cm³/mol. The molecule has 0 amide bonds. The third kappa shape index (κ3) is 5.85. The Morgan fingerprint density at radius 2 is 2.10 bits per heavy atom. The minimum absolute atomic E-state index is 0.304. The van der Waals surface area contributed by atoms with Crippen molar-refractivity contribution in [1.82, 2.24) is 5.32 Å². The number of halogens is 1. The van der Waals surface area contributed by atoms with Crippen LogP contribution in [0, 0.1) is 5.92 Å². The van der Waals surface area contributed by atoms with Gasteiger partial charge in [-0.15, -0.1) is 0 Å². The number of aliphatic hydroxyl groups is 1. The Balaban J connectivity index is 1.65. The van der Waals surface area contributed by atoms with Gasteiger partial charge in [0.15, 0.2) is 0 Å². The van der Waals surface area contributed by atoms with E-state index in [1.807, 2.05) is 12.1 Å². The normalized spacial score (nSPS) is 23.8. The number of hydrogen-bond donors (Lipinski definition) is 2. The summed E-state index contributed by atoms with van der Waals surface area (Å²) >= 11 is 5.82. The molecular formula is C17H26ClNO2. The molecule has 118 valence electrons. The van der Waals surface area contributed by atoms with E-state index in [0.717, 1.165) is 11.7 Å². The van der Waals surface area contributed by atoms with Gasteiger partial charge in [-0.05, 0) is 43.0 Å². The van der Waals surface area contributed by atoms with Crippen LogP contribution in [0.3, 0.4) is 0 Å². The average Bonchev–Trinajstić information content (AvgIpc) is 2.52. The summed E-state index contributed by atoms with van der Waals surface area (Å²) in [4.78, 5) is 0. The highest BCUT2D eigenvalue weighted by atomic mass is 35.5. The van der Waals surface area contributed by atoms with Crippen LogP contribution in [0.2, 0.25) is 5.02 Å². The zero-order valence-electron chi connectivity index (χ0n) is 12.7. The molecular weight excluding hydrogens is 286 g/mol. The van der Waals surface area contributed by atoms with Crippen LogP contribution >= 0.6 is 11.6 Å². The van der Waals surface area contributed by atoms with Gasteiger partial charge >= 0.3 is 0 Å². The van der Waals surface area contributed by atoms with Gasteiger partial charge in [0.25, 0.3) is 0 Å². The van der Waals surface area contributed by atoms with E-state index in [0.29, 0.717) is 24.2 Å². The molecule has 1 aromatic rings. The van der Waals surface area contributed by atoms with Crippen LogP contribution in [-0.2, 0) is 0 Å². The Kier molecular flexibility index (Phi) is 6.81. The maximum absolute atomic E-state index is 10.0. The molecule has 0 aliphatic heterocycles. The fourth-order valence-electron chi connectivity index (χ4n) is 2.93. The third-order valence-corrected chi connectivity index (χ3v) is 4.51. The van der Waals surface area contributed by atoms with Crippen molar-refractivity contribution < 1.29 is 9.84 Å². The third-order valence-electron chi connectivity index (χ3n) is 4.26. The van der Waals surface area contributed by atoms with Gasteiger partial charge in [-0.3, -0.25) is 0 Å². The van der Waals surface area contributed by atoms with E-state index in [4.69, 9.17) is 16.3 Å². The molecule has 4 heteroatoms. The van der Waals surface area contributed by atoms with Crippen LogP contribution < -0.4 is 10.1 Å². The fraction of sp³-hybridized carbons (Fsp3) is 0.647. The number of ether oxygens (including phenoxy) is 1. The summed E-state index contributed by atoms with van der Waals surface area (Å²) in [6.45, 7) is 3.16. The van der Waals surface area contributed by atoms with E-state index < -0.39 is 6.10 Å². The van der Waals surface area contributed by atoms with Gasteiger partial charge in [-0.1, -0.05) is 37.8 Å². The lowest BCUT2D eigenvalue weighted by Crippen LogP contribution is -2.40. The van der Waals surface area contributed by atoms with Gasteiger partial charge in [0, 0.05) is 17.6 Å². The number of hydrogen-bond acceptors (Lipinski definition) is 3. The summed E-state index contributed by atoms with van der Waals surface area (Å²) in [5, 5.41) is 14.2. The van der Waals surface area contributed by atoms with E-state index in [1.54, 1.807) is 12.1 Å². The van der Waals surface area contributed by atoms with Crippen molar-refractivity contribution in [1.29, 1.82) is 0 Å². The zero-order chi connectivity index (χ0) is 15.1. The molecule has 0 heterocycles. The van der Waals surface area contributed by atoms with Crippen LogP contribution in [0.5, 0.6) is 5.75 Å². The standard InChI is InChI=1S/C17H26ClNO2/c1-2-13-4-3-5-15(10-13)19-11-16(20)12-21-17-8-6-14(18)7-9-17/h6-9,13,15-16,19-20H,2-5,10-12H2,1H3. The first kappa shape index (κ1) is 16.6. The quantitative estimate of drug-likeness (QED) is 0.808. The van der Waals surface area contributed by atoms with Crippen molar-refractivity contribution in [3.8, 4) is 5.75 Å². The molecule has 2 rings (SSSR count). The number of aliphatic hydroxyl groups excluding tert-OH is 1. The molecule has 0 aromatic heterocycles. The van der Waals surface area contributed by atoms with Crippen molar-refractivity contribution >= 4 is 11.6 Å². The maximum atomic E-state index is 10.0. The first-order chi connectivity index (χ1) is 10.2. The van der Waals surface area contributed by atoms with Gasteiger partial charge in [0.2, 0.25) is 0 Å². The molecule has 3 nitrogen and oxygen atoms in total. The van der Waals surface area contributed by atoms with Crippen LogP contribution in [-0.4, -0.2) is 30.4 Å². The highest BCUT2D eigenvalue weighted by molar-refractivity contribution is 6.30. The van der Waals surface area contributed by atoms with Crippen molar-refractivity contribution in [3.05, 3.63) is 29.3 Å². The van der Waals surface area contributed by atoms with Gasteiger partial charge in [0.1, 0.15) is 18.5 Å². The molecule has 1 saturated carbocycles. The van der Waals surface area contributed by atoms with Crippen molar-refractivity contribution in [2.24, 2.45) is 5.92 Å². The number of rotatable bonds is 7. The topological polar surface area (TPSA) is 41.5 Å². The van der Waals surface area contributed by atoms with Crippen molar-refractivity contribution in [2.45, 2.75) is 51.2 Å². The Morgan fingerprint density at radius 3 is 2.81 bits per heavy atom. The molecule has 3 atom stereocenters. The lowest BCUT2D eigenvalue weighted by Gasteiger charge is -2.29. The van der Waals surface area contributed by atoms with Crippen LogP contribution in [0.1, 0.15) is 39.0 Å². The van der Waals surface area contributed by atoms with Crippen molar-refractivity contribution in [3.63, 3.8) is 0 Å². The molecule has 0 spiro atoms. The number of benzene rings is 1. The van der Waals surface area contributed by atoms with Gasteiger partial charge in [-0.25, -0.2) is 0 Å².